The van der Waals surface area contributed by atoms with E-state index in [4.69, 9.17) is 23.2 Å². The van der Waals surface area contributed by atoms with Crippen molar-refractivity contribution in [3.63, 3.8) is 0 Å². The van der Waals surface area contributed by atoms with E-state index >= 15 is 0 Å². The molecule has 1 saturated heterocycles. The van der Waals surface area contributed by atoms with Crippen LogP contribution in [0.5, 0.6) is 0 Å². The summed E-state index contributed by atoms with van der Waals surface area (Å²) in [4.78, 5) is 14.8. The van der Waals surface area contributed by atoms with Gasteiger partial charge in [0.15, 0.2) is 6.29 Å². The van der Waals surface area contributed by atoms with E-state index in [1.54, 1.807) is 41.8 Å². The van der Waals surface area contributed by atoms with Crippen LogP contribution in [-0.4, -0.2) is 45.0 Å². The molecular formula is C25H25Cl2F3N2O3. The van der Waals surface area contributed by atoms with E-state index in [0.29, 0.717) is 53.0 Å². The minimum atomic E-state index is -4.45. The number of aliphatic hydroxyl groups is 2. The zero-order valence-corrected chi connectivity index (χ0v) is 20.7. The second-order valence-electron chi connectivity index (χ2n) is 9.06. The Balaban J connectivity index is 1.67. The van der Waals surface area contributed by atoms with Gasteiger partial charge in [-0.15, -0.1) is 0 Å². The predicted molar refractivity (Wildman–Crippen MR) is 129 cm³/mol. The fourth-order valence-electron chi connectivity index (χ4n) is 4.82. The maximum absolute atomic E-state index is 13.3. The number of halogens is 5. The zero-order chi connectivity index (χ0) is 25.7. The summed E-state index contributed by atoms with van der Waals surface area (Å²) in [6.07, 6.45) is -2.93. The summed E-state index contributed by atoms with van der Waals surface area (Å²) >= 11 is 13.1. The van der Waals surface area contributed by atoms with Crippen molar-refractivity contribution in [2.45, 2.75) is 38.7 Å². The Morgan fingerprint density at radius 3 is 2.43 bits per heavy atom. The summed E-state index contributed by atoms with van der Waals surface area (Å²) in [6, 6.07) is 5.41. The number of likely N-dealkylation sites (tertiary alicyclic amines) is 1. The van der Waals surface area contributed by atoms with Gasteiger partial charge in [0.1, 0.15) is 0 Å². The number of hydrogen-bond acceptors (Lipinski definition) is 3. The van der Waals surface area contributed by atoms with Gasteiger partial charge in [-0.3, -0.25) is 4.79 Å². The van der Waals surface area contributed by atoms with E-state index in [1.807, 2.05) is 0 Å². The molecule has 3 aromatic rings. The number of aliphatic hydroxyl groups excluding tert-OH is 1. The second-order valence-corrected chi connectivity index (χ2v) is 9.84. The first-order valence-electron chi connectivity index (χ1n) is 11.2. The van der Waals surface area contributed by atoms with Crippen molar-refractivity contribution >= 4 is 40.0 Å². The Hall–Kier alpha value is -2.26. The highest BCUT2D eigenvalue weighted by molar-refractivity contribution is 6.38. The van der Waals surface area contributed by atoms with Crippen molar-refractivity contribution in [3.8, 4) is 0 Å². The van der Waals surface area contributed by atoms with E-state index in [2.05, 4.69) is 0 Å². The number of amides is 1. The molecule has 5 nitrogen and oxygen atoms in total. The van der Waals surface area contributed by atoms with Gasteiger partial charge in [-0.1, -0.05) is 23.2 Å². The van der Waals surface area contributed by atoms with Gasteiger partial charge in [0.2, 0.25) is 0 Å². The largest absolute Gasteiger partial charge is 0.416 e. The summed E-state index contributed by atoms with van der Waals surface area (Å²) in [5.41, 5.74) is 1.77. The van der Waals surface area contributed by atoms with Crippen LogP contribution in [0.2, 0.25) is 10.0 Å². The van der Waals surface area contributed by atoms with Crippen LogP contribution in [0.3, 0.4) is 0 Å². The lowest BCUT2D eigenvalue weighted by Gasteiger charge is -2.33. The van der Waals surface area contributed by atoms with Gasteiger partial charge in [-0.2, -0.15) is 13.2 Å². The molecule has 1 aromatic heterocycles. The molecule has 35 heavy (non-hydrogen) atoms. The number of hydrogen-bond donors (Lipinski definition) is 2. The van der Waals surface area contributed by atoms with Gasteiger partial charge in [0.25, 0.3) is 5.91 Å². The first-order chi connectivity index (χ1) is 16.4. The molecule has 1 amide bonds. The monoisotopic (exact) mass is 528 g/mol. The van der Waals surface area contributed by atoms with Crippen LogP contribution >= 0.6 is 23.2 Å². The average Bonchev–Trinajstić information content (AvgIpc) is 3.11. The molecule has 188 valence electrons. The highest BCUT2D eigenvalue weighted by Crippen LogP contribution is 2.37. The fourth-order valence-corrected chi connectivity index (χ4v) is 5.40. The summed E-state index contributed by atoms with van der Waals surface area (Å²) in [5, 5.41) is 20.0. The van der Waals surface area contributed by atoms with Gasteiger partial charge < -0.3 is 19.7 Å². The van der Waals surface area contributed by atoms with Crippen molar-refractivity contribution in [3.05, 3.63) is 68.3 Å². The quantitative estimate of drug-likeness (QED) is 0.435. The lowest BCUT2D eigenvalue weighted by molar-refractivity contribution is -0.137. The van der Waals surface area contributed by atoms with Gasteiger partial charge in [0.05, 0.1) is 16.1 Å². The van der Waals surface area contributed by atoms with Gasteiger partial charge >= 0.3 is 6.18 Å². The number of fused-ring (bicyclic) bond motifs is 1. The summed E-state index contributed by atoms with van der Waals surface area (Å²) < 4.78 is 41.6. The zero-order valence-electron chi connectivity index (χ0n) is 19.2. The minimum Gasteiger partial charge on any atom is -0.368 e. The third-order valence-corrected chi connectivity index (χ3v) is 7.51. The first kappa shape index (κ1) is 25.8. The number of benzene rings is 2. The summed E-state index contributed by atoms with van der Waals surface area (Å²) in [5.74, 6) is -0.550. The van der Waals surface area contributed by atoms with Crippen LogP contribution in [-0.2, 0) is 19.6 Å². The number of piperidine rings is 1. The summed E-state index contributed by atoms with van der Waals surface area (Å²) in [6.45, 7) is 2.39. The minimum absolute atomic E-state index is 0.202. The standard InChI is InChI=1S/C25H25Cl2F3N2O3/c1-13-9-16(25(28,29)30)11-20-21(13)15(12-31(20)2)10-18-19(26)4-3-17(22(18)27)23(33)32-7-5-14(6-8-32)24(34)35/h3-4,9,11-12,14,24,34-35H,5-8,10H2,1-2H3. The molecule has 1 aliphatic heterocycles. The lowest BCUT2D eigenvalue weighted by Crippen LogP contribution is -2.41. The van der Waals surface area contributed by atoms with Crippen LogP contribution in [0.1, 0.15) is 45.5 Å². The normalized spacial score (nSPS) is 15.4. The molecule has 1 fully saturated rings. The van der Waals surface area contributed by atoms with E-state index < -0.39 is 18.0 Å². The Kier molecular flexibility index (Phi) is 7.12. The van der Waals surface area contributed by atoms with Gasteiger partial charge in [0, 0.05) is 54.6 Å². The Labute approximate surface area is 210 Å². The van der Waals surface area contributed by atoms with Crippen molar-refractivity contribution in [2.75, 3.05) is 13.1 Å². The molecule has 0 spiro atoms. The Bertz CT molecular complexity index is 1280. The maximum atomic E-state index is 13.3. The van der Waals surface area contributed by atoms with Crippen LogP contribution in [0, 0.1) is 12.8 Å². The molecule has 1 aliphatic rings. The second kappa shape index (κ2) is 9.65. The first-order valence-corrected chi connectivity index (χ1v) is 11.9. The van der Waals surface area contributed by atoms with Crippen LogP contribution < -0.4 is 0 Å². The molecule has 2 aromatic carbocycles. The number of aryl methyl sites for hydroxylation is 2. The number of aromatic nitrogens is 1. The van der Waals surface area contributed by atoms with Gasteiger partial charge in [-0.25, -0.2) is 0 Å². The van der Waals surface area contributed by atoms with Crippen molar-refractivity contribution in [2.24, 2.45) is 13.0 Å². The molecule has 10 heteroatoms. The highest BCUT2D eigenvalue weighted by atomic mass is 35.5. The maximum Gasteiger partial charge on any atom is 0.416 e. The smallest absolute Gasteiger partial charge is 0.368 e. The molecule has 2 N–H and O–H groups in total. The number of carbonyl (C=O) groups is 1. The fraction of sp³-hybridized carbons (Fsp3) is 0.400. The number of rotatable bonds is 4. The highest BCUT2D eigenvalue weighted by Gasteiger charge is 2.32. The van der Waals surface area contributed by atoms with Crippen molar-refractivity contribution < 1.29 is 28.2 Å². The summed E-state index contributed by atoms with van der Waals surface area (Å²) in [7, 11) is 1.68. The SMILES string of the molecule is Cc1cc(C(F)(F)F)cc2c1c(Cc1c(Cl)ccc(C(=O)N3CCC(C(O)O)CC3)c1Cl)cn2C. The molecule has 0 saturated carbocycles. The van der Waals surface area contributed by atoms with Crippen LogP contribution in [0.25, 0.3) is 10.9 Å². The third-order valence-electron chi connectivity index (χ3n) is 6.72. The van der Waals surface area contributed by atoms with Crippen molar-refractivity contribution in [1.29, 1.82) is 0 Å². The number of carbonyl (C=O) groups excluding carboxylic acids is 1. The van der Waals surface area contributed by atoms with Crippen LogP contribution in [0.15, 0.2) is 30.5 Å². The van der Waals surface area contributed by atoms with E-state index in [1.165, 1.54) is 0 Å². The van der Waals surface area contributed by atoms with Gasteiger partial charge in [-0.05, 0) is 60.7 Å². The third kappa shape index (κ3) is 5.03. The van der Waals surface area contributed by atoms with E-state index in [9.17, 15) is 28.2 Å². The topological polar surface area (TPSA) is 65.7 Å². The molecule has 2 heterocycles. The van der Waals surface area contributed by atoms with Crippen LogP contribution in [0.4, 0.5) is 13.2 Å². The molecule has 0 radical (unpaired) electrons. The molecule has 0 aliphatic carbocycles. The number of alkyl halides is 3. The predicted octanol–water partition coefficient (Wildman–Crippen LogP) is 5.57. The molecule has 0 atom stereocenters. The molecule has 4 rings (SSSR count). The van der Waals surface area contributed by atoms with E-state index in [-0.39, 0.29) is 28.8 Å². The number of nitrogens with zero attached hydrogens (tertiary/aromatic N) is 2. The molecule has 0 unspecified atom stereocenters. The Morgan fingerprint density at radius 2 is 1.83 bits per heavy atom. The molecule has 0 bridgehead atoms. The van der Waals surface area contributed by atoms with E-state index in [0.717, 1.165) is 17.7 Å². The average molecular weight is 529 g/mol. The molecular weight excluding hydrogens is 504 g/mol. The van der Waals surface area contributed by atoms with Crippen molar-refractivity contribution in [1.82, 2.24) is 9.47 Å². The lowest BCUT2D eigenvalue weighted by atomic mass is 9.95. The Morgan fingerprint density at radius 1 is 1.17 bits per heavy atom.